The highest BCUT2D eigenvalue weighted by atomic mass is 16.2. The Labute approximate surface area is 200 Å². The zero-order chi connectivity index (χ0) is 24.2. The molecule has 0 radical (unpaired) electrons. The minimum atomic E-state index is -0.625. The normalized spacial score (nSPS) is 14.3. The van der Waals surface area contributed by atoms with Gasteiger partial charge in [-0.15, -0.1) is 0 Å². The van der Waals surface area contributed by atoms with Gasteiger partial charge in [-0.2, -0.15) is 0 Å². The van der Waals surface area contributed by atoms with E-state index >= 15 is 0 Å². The van der Waals surface area contributed by atoms with Crippen LogP contribution in [0.1, 0.15) is 49.9 Å². The molecule has 0 aliphatic heterocycles. The fourth-order valence-electron chi connectivity index (χ4n) is 3.75. The number of primary amides is 1. The van der Waals surface area contributed by atoms with Crippen molar-refractivity contribution in [1.29, 1.82) is 5.41 Å². The molecular formula is C27H32N6O. The molecule has 7 heteroatoms. The molecule has 1 heterocycles. The number of aryl methyl sites for hydroxylation is 1. The third-order valence-corrected chi connectivity index (χ3v) is 6.27. The molecule has 1 aliphatic rings. The lowest BCUT2D eigenvalue weighted by Gasteiger charge is -2.20. The molecule has 176 valence electrons. The van der Waals surface area contributed by atoms with E-state index in [2.05, 4.69) is 29.9 Å². The number of nitrogens with one attached hydrogen (secondary N) is 2. The van der Waals surface area contributed by atoms with Crippen molar-refractivity contribution in [3.8, 4) is 22.6 Å². The van der Waals surface area contributed by atoms with E-state index in [9.17, 15) is 4.79 Å². The topological polar surface area (TPSA) is 111 Å². The third-order valence-electron chi connectivity index (χ3n) is 6.27. The number of aliphatic imine (C=N–C) groups is 1. The second kappa shape index (κ2) is 10.0. The van der Waals surface area contributed by atoms with Gasteiger partial charge in [-0.1, -0.05) is 49.4 Å². The Morgan fingerprint density at radius 3 is 2.62 bits per heavy atom. The van der Waals surface area contributed by atoms with Crippen molar-refractivity contribution in [2.45, 2.75) is 46.1 Å². The fraction of sp³-hybridized carbons (Fsp3) is 0.333. The van der Waals surface area contributed by atoms with Crippen LogP contribution in [0.5, 0.6) is 0 Å². The number of carbonyl (C=O) groups is 1. The van der Waals surface area contributed by atoms with Crippen LogP contribution in [0.3, 0.4) is 0 Å². The molecule has 7 nitrogen and oxygen atoms in total. The SMILES string of the molecule is CCC(C)/N=C\c1ccc(-c2[nH]c(-c3ccccc3)nc2C(=N)N(CC2CC2)C(N)=O)cc1C. The lowest BCUT2D eigenvalue weighted by atomic mass is 10.0. The number of carbonyl (C=O) groups excluding carboxylic acids is 1. The highest BCUT2D eigenvalue weighted by Crippen LogP contribution is 2.32. The summed E-state index contributed by atoms with van der Waals surface area (Å²) in [5, 5.41) is 8.86. The number of hydrogen-bond donors (Lipinski definition) is 3. The largest absolute Gasteiger partial charge is 0.351 e. The van der Waals surface area contributed by atoms with E-state index in [0.717, 1.165) is 41.5 Å². The summed E-state index contributed by atoms with van der Waals surface area (Å²) in [6.07, 6.45) is 5.02. The molecule has 34 heavy (non-hydrogen) atoms. The number of imidazole rings is 1. The number of aromatic amines is 1. The van der Waals surface area contributed by atoms with Gasteiger partial charge in [-0.25, -0.2) is 9.78 Å². The number of nitrogens with zero attached hydrogens (tertiary/aromatic N) is 3. The van der Waals surface area contributed by atoms with Gasteiger partial charge in [0.2, 0.25) is 0 Å². The van der Waals surface area contributed by atoms with Gasteiger partial charge in [0.25, 0.3) is 0 Å². The summed E-state index contributed by atoms with van der Waals surface area (Å²) in [5.41, 5.74) is 10.7. The van der Waals surface area contributed by atoms with Crippen LogP contribution in [0.25, 0.3) is 22.6 Å². The Bertz CT molecular complexity index is 1210. The van der Waals surface area contributed by atoms with Gasteiger partial charge in [0.05, 0.1) is 5.69 Å². The van der Waals surface area contributed by atoms with Gasteiger partial charge in [-0.05, 0) is 56.2 Å². The summed E-state index contributed by atoms with van der Waals surface area (Å²) in [7, 11) is 0. The van der Waals surface area contributed by atoms with Crippen molar-refractivity contribution < 1.29 is 4.79 Å². The van der Waals surface area contributed by atoms with Crippen LogP contribution in [-0.2, 0) is 0 Å². The van der Waals surface area contributed by atoms with Gasteiger partial charge in [0, 0.05) is 29.9 Å². The van der Waals surface area contributed by atoms with E-state index in [0.29, 0.717) is 29.7 Å². The lowest BCUT2D eigenvalue weighted by Crippen LogP contribution is -2.42. The first-order valence-electron chi connectivity index (χ1n) is 11.8. The smallest absolute Gasteiger partial charge is 0.320 e. The Morgan fingerprint density at radius 1 is 1.26 bits per heavy atom. The highest BCUT2D eigenvalue weighted by Gasteiger charge is 2.31. The summed E-state index contributed by atoms with van der Waals surface area (Å²) in [4.78, 5) is 26.3. The van der Waals surface area contributed by atoms with Crippen molar-refractivity contribution in [2.24, 2.45) is 16.6 Å². The first kappa shape index (κ1) is 23.4. The van der Waals surface area contributed by atoms with E-state index in [1.807, 2.05) is 55.6 Å². The van der Waals surface area contributed by atoms with Crippen LogP contribution in [0.4, 0.5) is 4.79 Å². The quantitative estimate of drug-likeness (QED) is 0.312. The van der Waals surface area contributed by atoms with Gasteiger partial charge in [0.1, 0.15) is 11.5 Å². The molecule has 4 rings (SSSR count). The van der Waals surface area contributed by atoms with Crippen LogP contribution >= 0.6 is 0 Å². The summed E-state index contributed by atoms with van der Waals surface area (Å²) in [5.74, 6) is 1.06. The molecule has 4 N–H and O–H groups in total. The van der Waals surface area contributed by atoms with Crippen LogP contribution in [0, 0.1) is 18.3 Å². The van der Waals surface area contributed by atoms with Crippen molar-refractivity contribution in [2.75, 3.05) is 6.54 Å². The van der Waals surface area contributed by atoms with Crippen molar-refractivity contribution in [3.05, 3.63) is 65.4 Å². The molecule has 2 aromatic carbocycles. The Hall–Kier alpha value is -3.74. The van der Waals surface area contributed by atoms with E-state index in [4.69, 9.17) is 16.1 Å². The van der Waals surface area contributed by atoms with Crippen molar-refractivity contribution in [1.82, 2.24) is 14.9 Å². The van der Waals surface area contributed by atoms with Gasteiger partial charge < -0.3 is 10.7 Å². The lowest BCUT2D eigenvalue weighted by molar-refractivity contribution is 0.228. The third kappa shape index (κ3) is 5.25. The Morgan fingerprint density at radius 2 is 2.00 bits per heavy atom. The molecule has 1 unspecified atom stereocenters. The van der Waals surface area contributed by atoms with Crippen LogP contribution < -0.4 is 5.73 Å². The Balaban J connectivity index is 1.75. The average Bonchev–Trinajstić information content (AvgIpc) is 3.56. The highest BCUT2D eigenvalue weighted by molar-refractivity contribution is 6.08. The molecule has 3 aromatic rings. The Kier molecular flexibility index (Phi) is 6.91. The zero-order valence-electron chi connectivity index (χ0n) is 20.0. The number of nitrogens with two attached hydrogens (primary N) is 1. The summed E-state index contributed by atoms with van der Waals surface area (Å²) >= 11 is 0. The van der Waals surface area contributed by atoms with Gasteiger partial charge in [-0.3, -0.25) is 15.3 Å². The number of rotatable bonds is 8. The molecular weight excluding hydrogens is 424 g/mol. The monoisotopic (exact) mass is 456 g/mol. The molecule has 0 bridgehead atoms. The van der Waals surface area contributed by atoms with Crippen LogP contribution in [-0.4, -0.2) is 45.5 Å². The molecule has 2 amide bonds. The minimum Gasteiger partial charge on any atom is -0.351 e. The predicted octanol–water partition coefficient (Wildman–Crippen LogP) is 5.39. The van der Waals surface area contributed by atoms with Crippen LogP contribution in [0.2, 0.25) is 0 Å². The number of aromatic nitrogens is 2. The molecule has 1 atom stereocenters. The van der Waals surface area contributed by atoms with Crippen molar-refractivity contribution in [3.63, 3.8) is 0 Å². The number of hydrogen-bond acceptors (Lipinski definition) is 4. The number of amidine groups is 1. The second-order valence-corrected chi connectivity index (χ2v) is 9.02. The second-order valence-electron chi connectivity index (χ2n) is 9.02. The van der Waals surface area contributed by atoms with Gasteiger partial charge >= 0.3 is 6.03 Å². The number of benzene rings is 2. The molecule has 1 aromatic heterocycles. The fourth-order valence-corrected chi connectivity index (χ4v) is 3.75. The molecule has 1 aliphatic carbocycles. The van der Waals surface area contributed by atoms with E-state index < -0.39 is 6.03 Å². The molecule has 0 saturated heterocycles. The number of H-pyrrole nitrogens is 1. The zero-order valence-corrected chi connectivity index (χ0v) is 20.0. The summed E-state index contributed by atoms with van der Waals surface area (Å²) in [6, 6.07) is 15.5. The first-order chi connectivity index (χ1) is 16.4. The standard InChI is InChI=1S/C27H32N6O/c1-4-18(3)30-15-22-13-12-21(14-17(22)2)23-24(25(28)33(27(29)34)16-19-10-11-19)32-26(31-23)20-8-6-5-7-9-20/h5-9,12-15,18-19,28H,4,10-11,16H2,1-3H3,(H2,29,34)(H,31,32)/b28-25?,30-15-. The van der Waals surface area contributed by atoms with Crippen LogP contribution in [0.15, 0.2) is 53.5 Å². The number of urea groups is 1. The maximum Gasteiger partial charge on any atom is 0.320 e. The summed E-state index contributed by atoms with van der Waals surface area (Å²) in [6.45, 7) is 6.71. The van der Waals surface area contributed by atoms with E-state index in [1.54, 1.807) is 0 Å². The summed E-state index contributed by atoms with van der Waals surface area (Å²) < 4.78 is 0. The maximum atomic E-state index is 12.2. The molecule has 0 spiro atoms. The number of amides is 2. The molecule has 1 saturated carbocycles. The predicted molar refractivity (Wildman–Crippen MR) is 137 cm³/mol. The van der Waals surface area contributed by atoms with Gasteiger partial charge in [0.15, 0.2) is 5.84 Å². The van der Waals surface area contributed by atoms with Crippen molar-refractivity contribution >= 4 is 18.1 Å². The molecule has 1 fully saturated rings. The van der Waals surface area contributed by atoms with E-state index in [1.165, 1.54) is 4.90 Å². The van der Waals surface area contributed by atoms with E-state index in [-0.39, 0.29) is 11.9 Å². The first-order valence-corrected chi connectivity index (χ1v) is 11.8. The maximum absolute atomic E-state index is 12.2. The minimum absolute atomic E-state index is 0.0212. The average molecular weight is 457 g/mol.